The monoisotopic (exact) mass is 432 g/mol. The van der Waals surface area contributed by atoms with Crippen LogP contribution in [-0.4, -0.2) is 33.2 Å². The first kappa shape index (κ1) is 24.0. The van der Waals surface area contributed by atoms with E-state index in [4.69, 9.17) is 9.16 Å². The van der Waals surface area contributed by atoms with Crippen molar-refractivity contribution in [2.45, 2.75) is 52.2 Å². The van der Waals surface area contributed by atoms with Crippen LogP contribution in [0.5, 0.6) is 5.75 Å². The standard InChI is InChI=1S/C23H33FN2O3Si/c1-8-17-19(28-13-9-10-14-29-30(6,7)23(3,4)5)12-11-18(21(17)24)22-16(2)15-20(27)25-26-22/h8-12,16H,1,13-15H2,2-7H3,(H,25,27)/b10-9-. The fraction of sp³-hybridized carbons (Fsp3) is 0.478. The normalized spacial score (nSPS) is 17.6. The molecular weight excluding hydrogens is 399 g/mol. The van der Waals surface area contributed by atoms with E-state index < -0.39 is 14.1 Å². The smallest absolute Gasteiger partial charge is 0.240 e. The van der Waals surface area contributed by atoms with Gasteiger partial charge in [-0.2, -0.15) is 5.10 Å². The lowest BCUT2D eigenvalue weighted by Gasteiger charge is -2.35. The highest BCUT2D eigenvalue weighted by molar-refractivity contribution is 6.74. The van der Waals surface area contributed by atoms with E-state index in [0.717, 1.165) is 0 Å². The molecule has 1 aliphatic rings. The highest BCUT2D eigenvalue weighted by Gasteiger charge is 2.36. The van der Waals surface area contributed by atoms with Gasteiger partial charge in [0, 0.05) is 17.9 Å². The third kappa shape index (κ3) is 5.67. The van der Waals surface area contributed by atoms with Crippen molar-refractivity contribution >= 4 is 26.0 Å². The molecule has 5 nitrogen and oxygen atoms in total. The maximum atomic E-state index is 15.1. The van der Waals surface area contributed by atoms with Crippen molar-refractivity contribution in [1.82, 2.24) is 5.43 Å². The molecule has 0 saturated heterocycles. The first-order valence-corrected chi connectivity index (χ1v) is 13.1. The molecule has 0 saturated carbocycles. The van der Waals surface area contributed by atoms with E-state index >= 15 is 4.39 Å². The van der Waals surface area contributed by atoms with E-state index in [1.807, 2.05) is 19.1 Å². The van der Waals surface area contributed by atoms with Gasteiger partial charge in [-0.15, -0.1) is 0 Å². The molecule has 164 valence electrons. The number of ether oxygens (including phenoxy) is 1. The molecule has 1 heterocycles. The predicted octanol–water partition coefficient (Wildman–Crippen LogP) is 5.29. The second kappa shape index (κ2) is 9.70. The topological polar surface area (TPSA) is 59.9 Å². The van der Waals surface area contributed by atoms with Crippen LogP contribution in [0.2, 0.25) is 18.1 Å². The SMILES string of the molecule is C=Cc1c(OC/C=C\CO[Si](C)(C)C(C)(C)C)ccc(C2=NNC(=O)CC2C)c1F. The van der Waals surface area contributed by atoms with Gasteiger partial charge >= 0.3 is 0 Å². The Morgan fingerprint density at radius 2 is 1.97 bits per heavy atom. The fourth-order valence-electron chi connectivity index (χ4n) is 2.81. The summed E-state index contributed by atoms with van der Waals surface area (Å²) in [7, 11) is -1.78. The lowest BCUT2D eigenvalue weighted by atomic mass is 9.92. The van der Waals surface area contributed by atoms with Gasteiger partial charge < -0.3 is 9.16 Å². The molecule has 1 atom stereocenters. The van der Waals surface area contributed by atoms with Gasteiger partial charge in [0.25, 0.3) is 0 Å². The summed E-state index contributed by atoms with van der Waals surface area (Å²) in [5.74, 6) is -0.370. The number of hydrogen-bond donors (Lipinski definition) is 1. The Kier molecular flexibility index (Phi) is 7.77. The number of hydrazone groups is 1. The molecule has 1 aromatic carbocycles. The zero-order valence-corrected chi connectivity index (χ0v) is 19.8. The number of nitrogens with zero attached hydrogens (tertiary/aromatic N) is 1. The van der Waals surface area contributed by atoms with Crippen molar-refractivity contribution in [2.24, 2.45) is 11.0 Å². The fourth-order valence-corrected chi connectivity index (χ4v) is 3.76. The molecule has 7 heteroatoms. The molecule has 0 spiro atoms. The predicted molar refractivity (Wildman–Crippen MR) is 123 cm³/mol. The summed E-state index contributed by atoms with van der Waals surface area (Å²) in [5, 5.41) is 4.21. The average Bonchev–Trinajstić information content (AvgIpc) is 2.64. The summed E-state index contributed by atoms with van der Waals surface area (Å²) in [6.07, 6.45) is 5.52. The van der Waals surface area contributed by atoms with Crippen LogP contribution in [0.4, 0.5) is 4.39 Å². The number of nitrogens with one attached hydrogen (secondary N) is 1. The van der Waals surface area contributed by atoms with Crippen molar-refractivity contribution in [3.05, 3.63) is 47.8 Å². The second-order valence-corrected chi connectivity index (χ2v) is 13.8. The number of benzene rings is 1. The number of amides is 1. The minimum Gasteiger partial charge on any atom is -0.489 e. The van der Waals surface area contributed by atoms with Gasteiger partial charge in [-0.1, -0.05) is 46.4 Å². The summed E-state index contributed by atoms with van der Waals surface area (Å²) in [4.78, 5) is 11.4. The van der Waals surface area contributed by atoms with Crippen LogP contribution < -0.4 is 10.2 Å². The summed E-state index contributed by atoms with van der Waals surface area (Å²) >= 11 is 0. The van der Waals surface area contributed by atoms with E-state index in [1.165, 1.54) is 6.08 Å². The van der Waals surface area contributed by atoms with Gasteiger partial charge in [0.2, 0.25) is 5.91 Å². The summed E-state index contributed by atoms with van der Waals surface area (Å²) in [5.41, 5.74) is 3.57. The Morgan fingerprint density at radius 1 is 1.30 bits per heavy atom. The number of carbonyl (C=O) groups is 1. The molecule has 0 aliphatic carbocycles. The molecular formula is C23H33FN2O3Si. The Morgan fingerprint density at radius 3 is 2.57 bits per heavy atom. The third-order valence-corrected chi connectivity index (χ3v) is 10.2. The summed E-state index contributed by atoms with van der Waals surface area (Å²) < 4.78 is 26.9. The van der Waals surface area contributed by atoms with Crippen LogP contribution >= 0.6 is 0 Å². The highest BCUT2D eigenvalue weighted by atomic mass is 28.4. The van der Waals surface area contributed by atoms with Crippen LogP contribution in [0, 0.1) is 11.7 Å². The molecule has 1 unspecified atom stereocenters. The van der Waals surface area contributed by atoms with E-state index in [-0.39, 0.29) is 28.8 Å². The number of carbonyl (C=O) groups excluding carboxylic acids is 1. The highest BCUT2D eigenvalue weighted by Crippen LogP contribution is 2.36. The van der Waals surface area contributed by atoms with Crippen molar-refractivity contribution < 1.29 is 18.3 Å². The minimum atomic E-state index is -1.78. The third-order valence-electron chi connectivity index (χ3n) is 5.73. The van der Waals surface area contributed by atoms with Gasteiger partial charge in [0.05, 0.1) is 17.9 Å². The molecule has 0 bridgehead atoms. The molecule has 1 N–H and O–H groups in total. The Labute approximate surface area is 180 Å². The van der Waals surface area contributed by atoms with Crippen LogP contribution in [0.1, 0.15) is 45.2 Å². The number of halogens is 1. The molecule has 30 heavy (non-hydrogen) atoms. The first-order chi connectivity index (χ1) is 14.0. The van der Waals surface area contributed by atoms with Crippen molar-refractivity contribution in [3.63, 3.8) is 0 Å². The number of rotatable bonds is 8. The Bertz CT molecular complexity index is 857. The molecule has 0 aromatic heterocycles. The molecule has 1 aliphatic heterocycles. The van der Waals surface area contributed by atoms with Crippen LogP contribution in [0.3, 0.4) is 0 Å². The molecule has 0 radical (unpaired) electrons. The quantitative estimate of drug-likeness (QED) is 0.449. The zero-order chi connectivity index (χ0) is 22.5. The van der Waals surface area contributed by atoms with Gasteiger partial charge in [-0.3, -0.25) is 4.79 Å². The lowest BCUT2D eigenvalue weighted by Crippen LogP contribution is -2.40. The zero-order valence-electron chi connectivity index (χ0n) is 18.8. The maximum absolute atomic E-state index is 15.1. The Balaban J connectivity index is 2.03. The van der Waals surface area contributed by atoms with Gasteiger partial charge in [-0.05, 0) is 36.3 Å². The summed E-state index contributed by atoms with van der Waals surface area (Å²) in [6.45, 7) is 17.4. The van der Waals surface area contributed by atoms with E-state index in [1.54, 1.807) is 12.1 Å². The molecule has 0 fully saturated rings. The molecule has 2 rings (SSSR count). The van der Waals surface area contributed by atoms with Gasteiger partial charge in [-0.25, -0.2) is 9.82 Å². The van der Waals surface area contributed by atoms with Crippen LogP contribution in [0.15, 0.2) is 36.0 Å². The summed E-state index contributed by atoms with van der Waals surface area (Å²) in [6, 6.07) is 3.34. The largest absolute Gasteiger partial charge is 0.489 e. The van der Waals surface area contributed by atoms with Crippen molar-refractivity contribution in [1.29, 1.82) is 0 Å². The van der Waals surface area contributed by atoms with E-state index in [2.05, 4.69) is 51.0 Å². The molecule has 1 aromatic rings. The van der Waals surface area contributed by atoms with Crippen LogP contribution in [-0.2, 0) is 9.22 Å². The first-order valence-electron chi connectivity index (χ1n) is 10.2. The van der Waals surface area contributed by atoms with Crippen molar-refractivity contribution in [2.75, 3.05) is 13.2 Å². The van der Waals surface area contributed by atoms with Gasteiger partial charge in [0.1, 0.15) is 18.2 Å². The minimum absolute atomic E-state index is 0.165. The second-order valence-electron chi connectivity index (χ2n) is 9.03. The Hall–Kier alpha value is -2.25. The average molecular weight is 433 g/mol. The lowest BCUT2D eigenvalue weighted by molar-refractivity contribution is -0.121. The molecule has 1 amide bonds. The maximum Gasteiger partial charge on any atom is 0.240 e. The van der Waals surface area contributed by atoms with E-state index in [0.29, 0.717) is 30.2 Å². The van der Waals surface area contributed by atoms with E-state index in [9.17, 15) is 4.79 Å². The number of hydrogen-bond acceptors (Lipinski definition) is 4. The van der Waals surface area contributed by atoms with Gasteiger partial charge in [0.15, 0.2) is 8.32 Å². The van der Waals surface area contributed by atoms with Crippen molar-refractivity contribution in [3.8, 4) is 5.75 Å². The van der Waals surface area contributed by atoms with Crippen LogP contribution in [0.25, 0.3) is 6.08 Å².